The van der Waals surface area contributed by atoms with Gasteiger partial charge in [-0.25, -0.2) is 4.79 Å². The monoisotopic (exact) mass is 511 g/mol. The first-order valence-electron chi connectivity index (χ1n) is 10.7. The van der Waals surface area contributed by atoms with E-state index in [4.69, 9.17) is 32.7 Å². The number of benzene rings is 1. The van der Waals surface area contributed by atoms with Crippen molar-refractivity contribution in [1.82, 2.24) is 5.32 Å². The third-order valence-electron chi connectivity index (χ3n) is 5.92. The molecule has 0 unspecified atom stereocenters. The highest BCUT2D eigenvalue weighted by atomic mass is 35.5. The van der Waals surface area contributed by atoms with E-state index >= 15 is 0 Å². The molecule has 1 aromatic rings. The second-order valence-electron chi connectivity index (χ2n) is 8.01. The fraction of sp³-hybridized carbons (Fsp3) is 0.458. The number of rotatable bonds is 7. The average Bonchev–Trinajstić information content (AvgIpc) is 2.77. The van der Waals surface area contributed by atoms with Crippen molar-refractivity contribution in [1.29, 1.82) is 0 Å². The van der Waals surface area contributed by atoms with Gasteiger partial charge in [-0.3, -0.25) is 9.59 Å². The van der Waals surface area contributed by atoms with Crippen molar-refractivity contribution in [2.45, 2.75) is 33.1 Å². The molecule has 3 atom stereocenters. The van der Waals surface area contributed by atoms with Gasteiger partial charge >= 0.3 is 11.9 Å². The summed E-state index contributed by atoms with van der Waals surface area (Å²) < 4.78 is 10.5. The van der Waals surface area contributed by atoms with Crippen molar-refractivity contribution in [2.75, 3.05) is 25.2 Å². The molecule has 178 valence electrons. The van der Waals surface area contributed by atoms with Crippen LogP contribution in [0, 0.1) is 11.8 Å². The topological polar surface area (TPSA) is 81.7 Å². The van der Waals surface area contributed by atoms with E-state index in [0.29, 0.717) is 39.7 Å². The summed E-state index contributed by atoms with van der Waals surface area (Å²) >= 11 is 14.5. The summed E-state index contributed by atoms with van der Waals surface area (Å²) in [5.74, 6) is -1.98. The summed E-state index contributed by atoms with van der Waals surface area (Å²) in [5, 5.41) is 3.78. The zero-order chi connectivity index (χ0) is 24.3. The maximum absolute atomic E-state index is 13.7. The maximum atomic E-state index is 13.7. The summed E-state index contributed by atoms with van der Waals surface area (Å²) in [5.41, 5.74) is 2.38. The minimum absolute atomic E-state index is 0.242. The van der Waals surface area contributed by atoms with E-state index in [2.05, 4.69) is 5.32 Å². The maximum Gasteiger partial charge on any atom is 0.336 e. The molecule has 0 fully saturated rings. The first-order valence-corrected chi connectivity index (χ1v) is 12.7. The van der Waals surface area contributed by atoms with E-state index in [1.54, 1.807) is 36.9 Å². The van der Waals surface area contributed by atoms with Crippen molar-refractivity contribution in [3.05, 3.63) is 56.3 Å². The lowest BCUT2D eigenvalue weighted by Gasteiger charge is -2.38. The van der Waals surface area contributed by atoms with Gasteiger partial charge in [0.25, 0.3) is 0 Å². The predicted molar refractivity (Wildman–Crippen MR) is 130 cm³/mol. The quantitative estimate of drug-likeness (QED) is 0.316. The van der Waals surface area contributed by atoms with Gasteiger partial charge in [0.1, 0.15) is 12.5 Å². The van der Waals surface area contributed by atoms with E-state index in [0.717, 1.165) is 5.75 Å². The number of ketones is 1. The fourth-order valence-electron chi connectivity index (χ4n) is 4.42. The second kappa shape index (κ2) is 11.0. The van der Waals surface area contributed by atoms with Gasteiger partial charge in [0.15, 0.2) is 5.78 Å². The lowest BCUT2D eigenvalue weighted by atomic mass is 9.69. The van der Waals surface area contributed by atoms with Crippen LogP contribution in [-0.2, 0) is 23.9 Å². The second-order valence-corrected chi connectivity index (χ2v) is 10.2. The standard InChI is InChI=1S/C24H27Cl2NO5S/c1-5-33-10-9-32-24(30)18-13(3)27-16-11-12(2)17(23(29)31-4)22(28)20(16)19(18)14-7-6-8-15(25)21(14)26/h6-8,12,17,19,27H,5,9-11H2,1-4H3/t12-,17-,19+/m0/s1. The van der Waals surface area contributed by atoms with Crippen molar-refractivity contribution in [3.8, 4) is 0 Å². The van der Waals surface area contributed by atoms with Gasteiger partial charge in [-0.15, -0.1) is 0 Å². The zero-order valence-electron chi connectivity index (χ0n) is 19.0. The zero-order valence-corrected chi connectivity index (χ0v) is 21.3. The number of ether oxygens (including phenoxy) is 2. The Morgan fingerprint density at radius 2 is 2.00 bits per heavy atom. The molecule has 6 nitrogen and oxygen atoms in total. The SMILES string of the molecule is CCSCCOC(=O)C1=C(C)NC2=C(C(=O)[C@@H](C(=O)OC)[C@@H](C)C2)[C@@H]1c1cccc(Cl)c1Cl. The molecule has 9 heteroatoms. The van der Waals surface area contributed by atoms with Crippen LogP contribution in [0.5, 0.6) is 0 Å². The van der Waals surface area contributed by atoms with Gasteiger partial charge in [-0.2, -0.15) is 11.8 Å². The highest BCUT2D eigenvalue weighted by Crippen LogP contribution is 2.47. The predicted octanol–water partition coefficient (Wildman–Crippen LogP) is 4.90. The van der Waals surface area contributed by atoms with Crippen LogP contribution in [0.1, 0.15) is 38.7 Å². The van der Waals surface area contributed by atoms with E-state index < -0.39 is 23.8 Å². The number of Topliss-reactive ketones (excluding diaryl/α,β-unsaturated/α-hetero) is 1. The normalized spacial score (nSPS) is 22.6. The van der Waals surface area contributed by atoms with Gasteiger partial charge in [0.05, 0.1) is 22.7 Å². The van der Waals surface area contributed by atoms with Crippen molar-refractivity contribution >= 4 is 52.7 Å². The Labute approximate surface area is 208 Å². The molecule has 33 heavy (non-hydrogen) atoms. The van der Waals surface area contributed by atoms with E-state index in [-0.39, 0.29) is 28.9 Å². The van der Waals surface area contributed by atoms with Gasteiger partial charge in [-0.1, -0.05) is 49.2 Å². The van der Waals surface area contributed by atoms with Crippen LogP contribution < -0.4 is 5.32 Å². The van der Waals surface area contributed by atoms with Crippen LogP contribution in [0.2, 0.25) is 10.0 Å². The van der Waals surface area contributed by atoms with E-state index in [1.165, 1.54) is 7.11 Å². The first kappa shape index (κ1) is 25.7. The molecule has 0 saturated heterocycles. The van der Waals surface area contributed by atoms with E-state index in [9.17, 15) is 14.4 Å². The molecule has 1 aromatic carbocycles. The Kier molecular flexibility index (Phi) is 8.54. The first-order chi connectivity index (χ1) is 15.7. The Morgan fingerprint density at radius 1 is 1.27 bits per heavy atom. The number of hydrogen-bond donors (Lipinski definition) is 1. The number of allylic oxidation sites excluding steroid dienone is 3. The average molecular weight is 512 g/mol. The van der Waals surface area contributed by atoms with Gasteiger partial charge in [0, 0.05) is 28.6 Å². The molecule has 1 aliphatic heterocycles. The molecule has 1 N–H and O–H groups in total. The van der Waals surface area contributed by atoms with Gasteiger partial charge in [0.2, 0.25) is 0 Å². The number of esters is 2. The Balaban J connectivity index is 2.13. The molecule has 0 radical (unpaired) electrons. The molecular formula is C24H27Cl2NO5S. The van der Waals surface area contributed by atoms with Crippen LogP contribution in [0.25, 0.3) is 0 Å². The highest BCUT2D eigenvalue weighted by Gasteiger charge is 2.47. The molecule has 0 bridgehead atoms. The molecule has 0 saturated carbocycles. The summed E-state index contributed by atoms with van der Waals surface area (Å²) in [4.78, 5) is 39.4. The summed E-state index contributed by atoms with van der Waals surface area (Å²) in [6, 6.07) is 5.10. The summed E-state index contributed by atoms with van der Waals surface area (Å²) in [6.45, 7) is 5.88. The molecule has 1 heterocycles. The molecule has 0 spiro atoms. The summed E-state index contributed by atoms with van der Waals surface area (Å²) in [7, 11) is 1.26. The van der Waals surface area contributed by atoms with Crippen molar-refractivity contribution in [2.24, 2.45) is 11.8 Å². The molecule has 0 amide bonds. The fourth-order valence-corrected chi connectivity index (χ4v) is 5.33. The minimum atomic E-state index is -0.965. The molecule has 1 aliphatic carbocycles. The smallest absolute Gasteiger partial charge is 0.336 e. The molecule has 2 aliphatic rings. The number of hydrogen-bond acceptors (Lipinski definition) is 7. The van der Waals surface area contributed by atoms with Crippen LogP contribution in [-0.4, -0.2) is 42.9 Å². The summed E-state index contributed by atoms with van der Waals surface area (Å²) in [6.07, 6.45) is 0.447. The number of methoxy groups -OCH3 is 1. The lowest BCUT2D eigenvalue weighted by Crippen LogP contribution is -2.43. The van der Waals surface area contributed by atoms with Crippen LogP contribution >= 0.6 is 35.0 Å². The molecular weight excluding hydrogens is 485 g/mol. The minimum Gasteiger partial charge on any atom is -0.468 e. The number of carbonyl (C=O) groups excluding carboxylic acids is 3. The number of thioether (sulfide) groups is 1. The van der Waals surface area contributed by atoms with Gasteiger partial charge in [-0.05, 0) is 36.6 Å². The third-order valence-corrected chi connectivity index (χ3v) is 7.62. The van der Waals surface area contributed by atoms with Crippen LogP contribution in [0.15, 0.2) is 40.7 Å². The number of dihydropyridines is 1. The number of carbonyl (C=O) groups is 3. The Bertz CT molecular complexity index is 1040. The number of halogens is 2. The molecule has 0 aromatic heterocycles. The van der Waals surface area contributed by atoms with Crippen LogP contribution in [0.3, 0.4) is 0 Å². The largest absolute Gasteiger partial charge is 0.468 e. The van der Waals surface area contributed by atoms with E-state index in [1.807, 2.05) is 13.8 Å². The number of nitrogens with one attached hydrogen (secondary N) is 1. The lowest BCUT2D eigenvalue weighted by molar-refractivity contribution is -0.151. The van der Waals surface area contributed by atoms with Crippen molar-refractivity contribution in [3.63, 3.8) is 0 Å². The molecule has 3 rings (SSSR count). The van der Waals surface area contributed by atoms with Gasteiger partial charge < -0.3 is 14.8 Å². The van der Waals surface area contributed by atoms with Crippen LogP contribution in [0.4, 0.5) is 0 Å². The van der Waals surface area contributed by atoms with Crippen molar-refractivity contribution < 1.29 is 23.9 Å². The Morgan fingerprint density at radius 3 is 2.67 bits per heavy atom. The Hall–Kier alpha value is -1.96. The third kappa shape index (κ3) is 5.10. The highest BCUT2D eigenvalue weighted by molar-refractivity contribution is 7.99.